The van der Waals surface area contributed by atoms with E-state index in [2.05, 4.69) is 5.32 Å². The number of anilines is 1. The Kier molecular flexibility index (Phi) is 5.87. The average molecular weight is 340 g/mol. The van der Waals surface area contributed by atoms with Crippen molar-refractivity contribution in [3.05, 3.63) is 24.3 Å². The number of nitrogens with one attached hydrogen (secondary N) is 1. The van der Waals surface area contributed by atoms with Crippen molar-refractivity contribution in [2.45, 2.75) is 26.2 Å². The minimum Gasteiger partial charge on any atom is -0.492 e. The molecule has 0 atom stereocenters. The van der Waals surface area contributed by atoms with Crippen LogP contribution in [0, 0.1) is 5.92 Å². The summed E-state index contributed by atoms with van der Waals surface area (Å²) >= 11 is 0. The first-order chi connectivity index (χ1) is 10.9. The molecular formula is C16H24N2O4S. The third kappa shape index (κ3) is 4.60. The fourth-order valence-corrected chi connectivity index (χ4v) is 3.43. The van der Waals surface area contributed by atoms with Crippen molar-refractivity contribution in [2.24, 2.45) is 5.92 Å². The smallest absolute Gasteiger partial charge is 0.232 e. The fourth-order valence-electron chi connectivity index (χ4n) is 2.50. The lowest BCUT2D eigenvalue weighted by Crippen LogP contribution is -2.41. The summed E-state index contributed by atoms with van der Waals surface area (Å²) in [5, 5.41) is 2.82. The number of para-hydroxylation sites is 2. The largest absolute Gasteiger partial charge is 0.492 e. The minimum atomic E-state index is -3.47. The van der Waals surface area contributed by atoms with E-state index in [-0.39, 0.29) is 24.9 Å². The van der Waals surface area contributed by atoms with Crippen LogP contribution in [-0.4, -0.2) is 40.3 Å². The second-order valence-electron chi connectivity index (χ2n) is 5.65. The molecule has 23 heavy (non-hydrogen) atoms. The summed E-state index contributed by atoms with van der Waals surface area (Å²) in [4.78, 5) is 11.9. The Morgan fingerprint density at radius 1 is 1.35 bits per heavy atom. The molecular weight excluding hydrogens is 316 g/mol. The van der Waals surface area contributed by atoms with Crippen LogP contribution in [0.5, 0.6) is 5.75 Å². The van der Waals surface area contributed by atoms with Gasteiger partial charge in [-0.3, -0.25) is 9.10 Å². The first-order valence-electron chi connectivity index (χ1n) is 7.90. The van der Waals surface area contributed by atoms with Gasteiger partial charge >= 0.3 is 0 Å². The zero-order chi connectivity index (χ0) is 16.9. The maximum absolute atomic E-state index is 12.1. The molecule has 1 aromatic rings. The summed E-state index contributed by atoms with van der Waals surface area (Å²) in [5.41, 5.74) is 0.495. The standard InChI is InChI=1S/C16H24N2O4S/c1-3-22-15-10-5-4-9-14(15)18(23(2,20)21)12-11-17-16(19)13-7-6-8-13/h4-5,9-10,13H,3,6-8,11-12H2,1-2H3,(H,17,19). The number of amides is 1. The predicted molar refractivity (Wildman–Crippen MR) is 90.2 cm³/mol. The summed E-state index contributed by atoms with van der Waals surface area (Å²) in [6, 6.07) is 7.01. The molecule has 1 saturated carbocycles. The zero-order valence-electron chi connectivity index (χ0n) is 13.6. The number of hydrogen-bond donors (Lipinski definition) is 1. The van der Waals surface area contributed by atoms with Crippen molar-refractivity contribution >= 4 is 21.6 Å². The molecule has 0 bridgehead atoms. The van der Waals surface area contributed by atoms with Crippen LogP contribution in [0.2, 0.25) is 0 Å². The van der Waals surface area contributed by atoms with Gasteiger partial charge in [0.2, 0.25) is 15.9 Å². The van der Waals surface area contributed by atoms with Gasteiger partial charge in [0.15, 0.2) is 0 Å². The molecule has 128 valence electrons. The Bertz CT molecular complexity index is 641. The van der Waals surface area contributed by atoms with Gasteiger partial charge in [0.05, 0.1) is 25.1 Å². The number of hydrogen-bond acceptors (Lipinski definition) is 4. The normalized spacial score (nSPS) is 14.9. The first-order valence-corrected chi connectivity index (χ1v) is 9.75. The van der Waals surface area contributed by atoms with Crippen LogP contribution in [-0.2, 0) is 14.8 Å². The van der Waals surface area contributed by atoms with E-state index in [1.807, 2.05) is 6.92 Å². The Hall–Kier alpha value is -1.76. The first kappa shape index (κ1) is 17.6. The molecule has 1 N–H and O–H groups in total. The highest BCUT2D eigenvalue weighted by molar-refractivity contribution is 7.92. The van der Waals surface area contributed by atoms with E-state index in [1.165, 1.54) is 4.31 Å². The number of carbonyl (C=O) groups is 1. The number of rotatable bonds is 8. The van der Waals surface area contributed by atoms with Gasteiger partial charge in [0, 0.05) is 12.5 Å². The molecule has 0 saturated heterocycles. The topological polar surface area (TPSA) is 75.7 Å². The van der Waals surface area contributed by atoms with Crippen LogP contribution in [0.4, 0.5) is 5.69 Å². The quantitative estimate of drug-likeness (QED) is 0.782. The molecule has 1 aliphatic rings. The molecule has 1 fully saturated rings. The van der Waals surface area contributed by atoms with Gasteiger partial charge in [-0.15, -0.1) is 0 Å². The molecule has 0 radical (unpaired) electrons. The van der Waals surface area contributed by atoms with Gasteiger partial charge in [-0.2, -0.15) is 0 Å². The van der Waals surface area contributed by atoms with E-state index >= 15 is 0 Å². The van der Waals surface area contributed by atoms with Gasteiger partial charge in [0.1, 0.15) is 5.75 Å². The van der Waals surface area contributed by atoms with Crippen molar-refractivity contribution in [3.8, 4) is 5.75 Å². The Morgan fingerprint density at radius 3 is 2.61 bits per heavy atom. The van der Waals surface area contributed by atoms with E-state index in [0.29, 0.717) is 18.0 Å². The molecule has 0 unspecified atom stereocenters. The number of benzene rings is 1. The molecule has 0 spiro atoms. The molecule has 2 rings (SSSR count). The number of nitrogens with zero attached hydrogens (tertiary/aromatic N) is 1. The zero-order valence-corrected chi connectivity index (χ0v) is 14.4. The summed E-state index contributed by atoms with van der Waals surface area (Å²) < 4.78 is 31.0. The Balaban J connectivity index is 2.07. The molecule has 0 aromatic heterocycles. The number of carbonyl (C=O) groups excluding carboxylic acids is 1. The summed E-state index contributed by atoms with van der Waals surface area (Å²) in [5.74, 6) is 0.630. The molecule has 0 heterocycles. The van der Waals surface area contributed by atoms with E-state index < -0.39 is 10.0 Å². The summed E-state index contributed by atoms with van der Waals surface area (Å²) in [6.45, 7) is 2.76. The minimum absolute atomic E-state index is 0.0165. The van der Waals surface area contributed by atoms with Crippen LogP contribution < -0.4 is 14.4 Å². The van der Waals surface area contributed by atoms with Gasteiger partial charge in [0.25, 0.3) is 0 Å². The van der Waals surface area contributed by atoms with Gasteiger partial charge < -0.3 is 10.1 Å². The van der Waals surface area contributed by atoms with Gasteiger partial charge in [-0.1, -0.05) is 18.6 Å². The molecule has 1 aliphatic carbocycles. The van der Waals surface area contributed by atoms with Crippen LogP contribution in [0.3, 0.4) is 0 Å². The van der Waals surface area contributed by atoms with Crippen molar-refractivity contribution in [2.75, 3.05) is 30.3 Å². The fraction of sp³-hybridized carbons (Fsp3) is 0.562. The number of sulfonamides is 1. The van der Waals surface area contributed by atoms with Crippen LogP contribution in [0.1, 0.15) is 26.2 Å². The average Bonchev–Trinajstić information content (AvgIpc) is 2.42. The van der Waals surface area contributed by atoms with Crippen molar-refractivity contribution < 1.29 is 17.9 Å². The maximum Gasteiger partial charge on any atom is 0.232 e. The molecule has 1 amide bonds. The molecule has 7 heteroatoms. The highest BCUT2D eigenvalue weighted by Crippen LogP contribution is 2.29. The predicted octanol–water partition coefficient (Wildman–Crippen LogP) is 1.77. The third-order valence-corrected chi connectivity index (χ3v) is 5.10. The van der Waals surface area contributed by atoms with E-state index in [9.17, 15) is 13.2 Å². The highest BCUT2D eigenvalue weighted by atomic mass is 32.2. The van der Waals surface area contributed by atoms with Crippen molar-refractivity contribution in [3.63, 3.8) is 0 Å². The lowest BCUT2D eigenvalue weighted by molar-refractivity contribution is -0.127. The lowest BCUT2D eigenvalue weighted by atomic mass is 9.85. The van der Waals surface area contributed by atoms with E-state index in [1.54, 1.807) is 24.3 Å². The SMILES string of the molecule is CCOc1ccccc1N(CCNC(=O)C1CCC1)S(C)(=O)=O. The van der Waals surface area contributed by atoms with E-state index in [4.69, 9.17) is 4.74 Å². The van der Waals surface area contributed by atoms with Crippen molar-refractivity contribution in [1.82, 2.24) is 5.32 Å². The van der Waals surface area contributed by atoms with Gasteiger partial charge in [-0.05, 0) is 31.9 Å². The monoisotopic (exact) mass is 340 g/mol. The summed E-state index contributed by atoms with van der Waals surface area (Å²) in [6.07, 6.45) is 4.10. The van der Waals surface area contributed by atoms with Crippen LogP contribution >= 0.6 is 0 Å². The number of ether oxygens (including phenoxy) is 1. The Morgan fingerprint density at radius 2 is 2.04 bits per heavy atom. The summed E-state index contributed by atoms with van der Waals surface area (Å²) in [7, 11) is -3.47. The van der Waals surface area contributed by atoms with Crippen LogP contribution in [0.25, 0.3) is 0 Å². The third-order valence-electron chi connectivity index (χ3n) is 3.92. The maximum atomic E-state index is 12.1. The lowest BCUT2D eigenvalue weighted by Gasteiger charge is -2.27. The Labute approximate surface area is 137 Å². The second kappa shape index (κ2) is 7.68. The second-order valence-corrected chi connectivity index (χ2v) is 7.56. The highest BCUT2D eigenvalue weighted by Gasteiger charge is 2.26. The molecule has 6 nitrogen and oxygen atoms in total. The van der Waals surface area contributed by atoms with Crippen molar-refractivity contribution in [1.29, 1.82) is 0 Å². The molecule has 0 aliphatic heterocycles. The van der Waals surface area contributed by atoms with Crippen LogP contribution in [0.15, 0.2) is 24.3 Å². The van der Waals surface area contributed by atoms with Gasteiger partial charge in [-0.25, -0.2) is 8.42 Å². The molecule has 1 aromatic carbocycles. The van der Waals surface area contributed by atoms with E-state index in [0.717, 1.165) is 25.5 Å².